The van der Waals surface area contributed by atoms with Gasteiger partial charge in [-0.3, -0.25) is 4.79 Å². The van der Waals surface area contributed by atoms with Crippen molar-refractivity contribution in [2.24, 2.45) is 0 Å². The topological polar surface area (TPSA) is 71.1 Å². The minimum atomic E-state index is -0.420. The highest BCUT2D eigenvalue weighted by Gasteiger charge is 2.33. The van der Waals surface area contributed by atoms with Gasteiger partial charge in [0.25, 0.3) is 0 Å². The molecular weight excluding hydrogens is 324 g/mol. The fourth-order valence-electron chi connectivity index (χ4n) is 2.58. The minimum Gasteiger partial charge on any atom is -0.493 e. The average Bonchev–Trinajstić information content (AvgIpc) is 2.96. The number of esters is 1. The van der Waals surface area contributed by atoms with Gasteiger partial charge in [0.1, 0.15) is 11.3 Å². The zero-order chi connectivity index (χ0) is 18.0. The molecule has 0 atom stereocenters. The van der Waals surface area contributed by atoms with E-state index in [4.69, 9.17) is 14.2 Å². The molecule has 0 aliphatic carbocycles. The Morgan fingerprint density at radius 3 is 2.32 bits per heavy atom. The predicted octanol–water partition coefficient (Wildman–Crippen LogP) is 3.11. The van der Waals surface area contributed by atoms with Gasteiger partial charge in [-0.05, 0) is 35.9 Å². The first-order valence-electron chi connectivity index (χ1n) is 7.46. The molecule has 3 rings (SSSR count). The van der Waals surface area contributed by atoms with Gasteiger partial charge >= 0.3 is 5.97 Å². The molecule has 0 spiro atoms. The first-order chi connectivity index (χ1) is 12.1. The summed E-state index contributed by atoms with van der Waals surface area (Å²) in [5, 5.41) is 0. The number of methoxy groups -OCH3 is 3. The maximum absolute atomic E-state index is 12.7. The van der Waals surface area contributed by atoms with Crippen molar-refractivity contribution < 1.29 is 28.5 Å². The third kappa shape index (κ3) is 2.94. The molecule has 0 aromatic heterocycles. The fourth-order valence-corrected chi connectivity index (χ4v) is 2.58. The summed E-state index contributed by atoms with van der Waals surface area (Å²) >= 11 is 0. The SMILES string of the molecule is COC(=O)c1ccc(/C=C2/Oc3ccc(OC)c(OC)c3C2=O)cc1. The summed E-state index contributed by atoms with van der Waals surface area (Å²) < 4.78 is 20.8. The summed E-state index contributed by atoms with van der Waals surface area (Å²) in [6.07, 6.45) is 1.61. The van der Waals surface area contributed by atoms with Crippen LogP contribution in [0.1, 0.15) is 26.3 Å². The van der Waals surface area contributed by atoms with Crippen molar-refractivity contribution in [3.8, 4) is 17.2 Å². The van der Waals surface area contributed by atoms with Crippen molar-refractivity contribution in [2.45, 2.75) is 0 Å². The molecule has 1 heterocycles. The van der Waals surface area contributed by atoms with Gasteiger partial charge in [0.2, 0.25) is 5.78 Å². The number of hydrogen-bond donors (Lipinski definition) is 0. The number of carbonyl (C=O) groups is 2. The predicted molar refractivity (Wildman–Crippen MR) is 90.3 cm³/mol. The van der Waals surface area contributed by atoms with Crippen molar-refractivity contribution in [3.05, 3.63) is 58.8 Å². The highest BCUT2D eigenvalue weighted by atomic mass is 16.5. The van der Waals surface area contributed by atoms with Crippen molar-refractivity contribution >= 4 is 17.8 Å². The van der Waals surface area contributed by atoms with Crippen molar-refractivity contribution in [1.29, 1.82) is 0 Å². The van der Waals surface area contributed by atoms with E-state index in [9.17, 15) is 9.59 Å². The summed E-state index contributed by atoms with van der Waals surface area (Å²) in [5.41, 5.74) is 1.48. The van der Waals surface area contributed by atoms with E-state index in [-0.39, 0.29) is 11.5 Å². The number of Topliss-reactive ketones (excluding diaryl/α,β-unsaturated/α-hetero) is 1. The molecule has 0 bridgehead atoms. The summed E-state index contributed by atoms with van der Waals surface area (Å²) in [5.74, 6) is 0.684. The zero-order valence-electron chi connectivity index (χ0n) is 14.0. The van der Waals surface area contributed by atoms with Gasteiger partial charge in [0.05, 0.1) is 26.9 Å². The van der Waals surface area contributed by atoms with Crippen LogP contribution in [0.3, 0.4) is 0 Å². The van der Waals surface area contributed by atoms with Crippen molar-refractivity contribution in [3.63, 3.8) is 0 Å². The van der Waals surface area contributed by atoms with Crippen LogP contribution in [0.4, 0.5) is 0 Å². The van der Waals surface area contributed by atoms with Gasteiger partial charge in [-0.15, -0.1) is 0 Å². The van der Waals surface area contributed by atoms with E-state index < -0.39 is 5.97 Å². The van der Waals surface area contributed by atoms with Gasteiger partial charge in [-0.25, -0.2) is 4.79 Å². The molecule has 0 saturated carbocycles. The molecule has 25 heavy (non-hydrogen) atoms. The van der Waals surface area contributed by atoms with E-state index in [1.807, 2.05) is 0 Å². The Bertz CT molecular complexity index is 864. The van der Waals surface area contributed by atoms with Crippen LogP contribution in [0.25, 0.3) is 6.08 Å². The summed E-state index contributed by atoms with van der Waals surface area (Å²) in [4.78, 5) is 24.1. The molecule has 6 nitrogen and oxygen atoms in total. The zero-order valence-corrected chi connectivity index (χ0v) is 14.0. The van der Waals surface area contributed by atoms with Crippen LogP contribution >= 0.6 is 0 Å². The van der Waals surface area contributed by atoms with Crippen molar-refractivity contribution in [1.82, 2.24) is 0 Å². The second-order valence-electron chi connectivity index (χ2n) is 5.23. The number of benzene rings is 2. The number of ether oxygens (including phenoxy) is 4. The lowest BCUT2D eigenvalue weighted by Gasteiger charge is -2.09. The summed E-state index contributed by atoms with van der Waals surface area (Å²) in [6, 6.07) is 9.99. The third-order valence-electron chi connectivity index (χ3n) is 3.81. The molecule has 0 N–H and O–H groups in total. The molecule has 128 valence electrons. The van der Waals surface area contributed by atoms with Gasteiger partial charge in [-0.1, -0.05) is 12.1 Å². The number of fused-ring (bicyclic) bond motifs is 1. The molecule has 6 heteroatoms. The number of allylic oxidation sites excluding steroid dienone is 1. The lowest BCUT2D eigenvalue weighted by Crippen LogP contribution is -2.02. The molecule has 2 aromatic rings. The average molecular weight is 340 g/mol. The van der Waals surface area contributed by atoms with Crippen LogP contribution < -0.4 is 14.2 Å². The maximum atomic E-state index is 12.7. The molecule has 1 aliphatic rings. The van der Waals surface area contributed by atoms with E-state index >= 15 is 0 Å². The molecule has 0 radical (unpaired) electrons. The van der Waals surface area contributed by atoms with E-state index in [0.717, 1.165) is 5.56 Å². The highest BCUT2D eigenvalue weighted by molar-refractivity contribution is 6.16. The molecule has 2 aromatic carbocycles. The quantitative estimate of drug-likeness (QED) is 0.629. The third-order valence-corrected chi connectivity index (χ3v) is 3.81. The molecular formula is C19H16O6. The van der Waals surface area contributed by atoms with Crippen molar-refractivity contribution in [2.75, 3.05) is 21.3 Å². The number of ketones is 1. The van der Waals surface area contributed by atoms with E-state index in [0.29, 0.717) is 28.4 Å². The van der Waals surface area contributed by atoms with E-state index in [1.54, 1.807) is 42.5 Å². The van der Waals surface area contributed by atoms with Gasteiger partial charge in [-0.2, -0.15) is 0 Å². The summed E-state index contributed by atoms with van der Waals surface area (Å²) in [7, 11) is 4.30. The van der Waals surface area contributed by atoms with Crippen LogP contribution in [0.2, 0.25) is 0 Å². The Hall–Kier alpha value is -3.28. The van der Waals surface area contributed by atoms with Crippen LogP contribution in [-0.2, 0) is 4.74 Å². The molecule has 0 saturated heterocycles. The number of hydrogen-bond acceptors (Lipinski definition) is 6. The highest BCUT2D eigenvalue weighted by Crippen LogP contribution is 2.43. The fraction of sp³-hybridized carbons (Fsp3) is 0.158. The normalized spacial score (nSPS) is 14.0. The first kappa shape index (κ1) is 16.6. The molecule has 1 aliphatic heterocycles. The Balaban J connectivity index is 1.94. The largest absolute Gasteiger partial charge is 0.493 e. The standard InChI is InChI=1S/C19H16O6/c1-22-14-9-8-13-16(18(14)23-2)17(20)15(25-13)10-11-4-6-12(7-5-11)19(21)24-3/h4-10H,1-3H3/b15-10+. The molecule has 0 fully saturated rings. The van der Waals surface area contributed by atoms with Crippen LogP contribution in [0.5, 0.6) is 17.2 Å². The lowest BCUT2D eigenvalue weighted by atomic mass is 10.1. The van der Waals surface area contributed by atoms with Gasteiger partial charge in [0, 0.05) is 0 Å². The Kier molecular flexibility index (Phi) is 4.43. The lowest BCUT2D eigenvalue weighted by molar-refractivity contribution is 0.0600. The smallest absolute Gasteiger partial charge is 0.337 e. The Labute approximate surface area is 144 Å². The van der Waals surface area contributed by atoms with Gasteiger partial charge in [0.15, 0.2) is 17.3 Å². The second kappa shape index (κ2) is 6.68. The van der Waals surface area contributed by atoms with Gasteiger partial charge < -0.3 is 18.9 Å². The Morgan fingerprint density at radius 2 is 1.72 bits per heavy atom. The molecule has 0 amide bonds. The van der Waals surface area contributed by atoms with E-state index in [2.05, 4.69) is 4.74 Å². The molecule has 0 unspecified atom stereocenters. The Morgan fingerprint density at radius 1 is 1.00 bits per heavy atom. The second-order valence-corrected chi connectivity index (χ2v) is 5.23. The number of carbonyl (C=O) groups excluding carboxylic acids is 2. The van der Waals surface area contributed by atoms with E-state index in [1.165, 1.54) is 21.3 Å². The van der Waals surface area contributed by atoms with Crippen LogP contribution in [0.15, 0.2) is 42.2 Å². The minimum absolute atomic E-state index is 0.173. The monoisotopic (exact) mass is 340 g/mol. The summed E-state index contributed by atoms with van der Waals surface area (Å²) in [6.45, 7) is 0. The van der Waals surface area contributed by atoms with Crippen LogP contribution in [-0.4, -0.2) is 33.1 Å². The van der Waals surface area contributed by atoms with Crippen LogP contribution in [0, 0.1) is 0 Å². The number of rotatable bonds is 4. The first-order valence-corrected chi connectivity index (χ1v) is 7.46. The maximum Gasteiger partial charge on any atom is 0.337 e.